The van der Waals surface area contributed by atoms with Crippen LogP contribution in [-0.2, 0) is 9.59 Å². The summed E-state index contributed by atoms with van der Waals surface area (Å²) in [7, 11) is 0. The summed E-state index contributed by atoms with van der Waals surface area (Å²) in [6.45, 7) is 3.57. The average molecular weight is 239 g/mol. The number of hydrogen-bond acceptors (Lipinski definition) is 3. The molecule has 96 valence electrons. The number of likely N-dealkylation sites (tertiary alicyclic amines) is 2. The quantitative estimate of drug-likeness (QED) is 0.734. The molecule has 2 rings (SSSR count). The first-order valence-corrected chi connectivity index (χ1v) is 6.43. The van der Waals surface area contributed by atoms with Crippen molar-refractivity contribution in [1.29, 1.82) is 0 Å². The minimum absolute atomic E-state index is 0.00402. The van der Waals surface area contributed by atoms with Crippen LogP contribution in [0, 0.1) is 0 Å². The molecule has 0 spiro atoms. The lowest BCUT2D eigenvalue weighted by molar-refractivity contribution is -0.143. The molecule has 0 aromatic rings. The van der Waals surface area contributed by atoms with E-state index in [4.69, 9.17) is 5.73 Å². The molecule has 2 fully saturated rings. The lowest BCUT2D eigenvalue weighted by Crippen LogP contribution is -2.50. The van der Waals surface area contributed by atoms with Gasteiger partial charge in [0.25, 0.3) is 0 Å². The van der Waals surface area contributed by atoms with Crippen LogP contribution >= 0.6 is 0 Å². The fourth-order valence-electron chi connectivity index (χ4n) is 2.96. The van der Waals surface area contributed by atoms with Crippen molar-refractivity contribution in [1.82, 2.24) is 9.80 Å². The van der Waals surface area contributed by atoms with Crippen molar-refractivity contribution in [3.05, 3.63) is 0 Å². The van der Waals surface area contributed by atoms with Gasteiger partial charge in [0.15, 0.2) is 0 Å². The van der Waals surface area contributed by atoms with E-state index in [0.29, 0.717) is 13.1 Å². The molecule has 2 heterocycles. The highest BCUT2D eigenvalue weighted by atomic mass is 16.2. The zero-order valence-electron chi connectivity index (χ0n) is 10.4. The summed E-state index contributed by atoms with van der Waals surface area (Å²) in [5, 5.41) is 0. The molecule has 0 aliphatic carbocycles. The summed E-state index contributed by atoms with van der Waals surface area (Å²) in [5.41, 5.74) is 5.68. The van der Waals surface area contributed by atoms with Crippen molar-refractivity contribution in [3.63, 3.8) is 0 Å². The van der Waals surface area contributed by atoms with Gasteiger partial charge in [-0.3, -0.25) is 9.59 Å². The minimum atomic E-state index is -0.236. The van der Waals surface area contributed by atoms with Gasteiger partial charge in [-0.1, -0.05) is 0 Å². The number of amides is 2. The Kier molecular flexibility index (Phi) is 3.66. The minimum Gasteiger partial charge on any atom is -0.337 e. The highest BCUT2D eigenvalue weighted by Crippen LogP contribution is 2.24. The number of hydrogen-bond donors (Lipinski definition) is 1. The molecule has 2 aliphatic heterocycles. The third-order valence-electron chi connectivity index (χ3n) is 3.87. The van der Waals surface area contributed by atoms with Crippen LogP contribution in [-0.4, -0.2) is 53.3 Å². The van der Waals surface area contributed by atoms with Gasteiger partial charge in [-0.25, -0.2) is 0 Å². The lowest BCUT2D eigenvalue weighted by Gasteiger charge is -2.30. The van der Waals surface area contributed by atoms with Crippen LogP contribution in [0.4, 0.5) is 0 Å². The maximum absolute atomic E-state index is 12.4. The van der Waals surface area contributed by atoms with Crippen LogP contribution in [0.2, 0.25) is 0 Å². The third-order valence-corrected chi connectivity index (χ3v) is 3.87. The Hall–Kier alpha value is -1.10. The molecule has 2 saturated heterocycles. The molecule has 5 nitrogen and oxygen atoms in total. The van der Waals surface area contributed by atoms with E-state index < -0.39 is 0 Å². The Morgan fingerprint density at radius 3 is 2.47 bits per heavy atom. The topological polar surface area (TPSA) is 66.6 Å². The zero-order valence-corrected chi connectivity index (χ0v) is 10.4. The molecule has 2 atom stereocenters. The average Bonchev–Trinajstić information content (AvgIpc) is 2.96. The summed E-state index contributed by atoms with van der Waals surface area (Å²) in [6, 6.07) is -0.0587. The van der Waals surface area contributed by atoms with Crippen LogP contribution in [0.3, 0.4) is 0 Å². The number of carbonyl (C=O) groups excluding carboxylic acids is 2. The van der Waals surface area contributed by atoms with E-state index in [1.54, 1.807) is 4.90 Å². The number of nitrogens with two attached hydrogens (primary N) is 1. The summed E-state index contributed by atoms with van der Waals surface area (Å²) in [5.74, 6) is 0.106. The standard InChI is InChI=1S/C12H21N3O2/c1-9(16)14-6-3-5-11(14)12(17)15-7-2-4-10(15)8-13/h10-11H,2-8,13H2,1H3. The van der Waals surface area contributed by atoms with Crippen molar-refractivity contribution < 1.29 is 9.59 Å². The van der Waals surface area contributed by atoms with E-state index in [1.807, 2.05) is 4.90 Å². The van der Waals surface area contributed by atoms with Crippen molar-refractivity contribution in [2.75, 3.05) is 19.6 Å². The Labute approximate surface area is 102 Å². The molecule has 0 bridgehead atoms. The second-order valence-corrected chi connectivity index (χ2v) is 4.93. The number of rotatable bonds is 2. The molecule has 2 amide bonds. The van der Waals surface area contributed by atoms with E-state index in [2.05, 4.69) is 0 Å². The summed E-state index contributed by atoms with van der Waals surface area (Å²) in [6.07, 6.45) is 3.75. The second kappa shape index (κ2) is 5.04. The van der Waals surface area contributed by atoms with E-state index in [1.165, 1.54) is 6.92 Å². The van der Waals surface area contributed by atoms with Gasteiger partial charge in [0.05, 0.1) is 0 Å². The summed E-state index contributed by atoms with van der Waals surface area (Å²) in [4.78, 5) is 27.4. The fourth-order valence-corrected chi connectivity index (χ4v) is 2.96. The van der Waals surface area contributed by atoms with Gasteiger partial charge in [0.1, 0.15) is 6.04 Å². The van der Waals surface area contributed by atoms with Crippen LogP contribution in [0.15, 0.2) is 0 Å². The molecular weight excluding hydrogens is 218 g/mol. The fraction of sp³-hybridized carbons (Fsp3) is 0.833. The predicted molar refractivity (Wildman–Crippen MR) is 64.2 cm³/mol. The maximum atomic E-state index is 12.4. The molecule has 17 heavy (non-hydrogen) atoms. The van der Waals surface area contributed by atoms with Crippen molar-refractivity contribution in [3.8, 4) is 0 Å². The van der Waals surface area contributed by atoms with Gasteiger partial charge in [0.2, 0.25) is 11.8 Å². The SMILES string of the molecule is CC(=O)N1CCCC1C(=O)N1CCCC1CN. The Morgan fingerprint density at radius 2 is 1.82 bits per heavy atom. The van der Waals surface area contributed by atoms with Gasteiger partial charge in [-0.2, -0.15) is 0 Å². The van der Waals surface area contributed by atoms with Crippen molar-refractivity contribution in [2.45, 2.75) is 44.7 Å². The van der Waals surface area contributed by atoms with E-state index in [-0.39, 0.29) is 23.9 Å². The molecule has 2 N–H and O–H groups in total. The Morgan fingerprint density at radius 1 is 1.18 bits per heavy atom. The van der Waals surface area contributed by atoms with Crippen LogP contribution < -0.4 is 5.73 Å². The monoisotopic (exact) mass is 239 g/mol. The van der Waals surface area contributed by atoms with E-state index >= 15 is 0 Å². The number of carbonyl (C=O) groups is 2. The van der Waals surface area contributed by atoms with E-state index in [0.717, 1.165) is 32.2 Å². The van der Waals surface area contributed by atoms with Gasteiger partial charge in [-0.15, -0.1) is 0 Å². The molecule has 0 radical (unpaired) electrons. The van der Waals surface area contributed by atoms with Gasteiger partial charge < -0.3 is 15.5 Å². The molecule has 5 heteroatoms. The first kappa shape index (κ1) is 12.4. The molecule has 2 unspecified atom stereocenters. The van der Waals surface area contributed by atoms with Crippen LogP contribution in [0.25, 0.3) is 0 Å². The smallest absolute Gasteiger partial charge is 0.245 e. The zero-order chi connectivity index (χ0) is 12.4. The Balaban J connectivity index is 2.06. The first-order valence-electron chi connectivity index (χ1n) is 6.43. The summed E-state index contributed by atoms with van der Waals surface area (Å²) < 4.78 is 0. The molecular formula is C12H21N3O2. The van der Waals surface area contributed by atoms with Crippen molar-refractivity contribution in [2.24, 2.45) is 5.73 Å². The molecule has 0 saturated carbocycles. The van der Waals surface area contributed by atoms with Crippen molar-refractivity contribution >= 4 is 11.8 Å². The highest BCUT2D eigenvalue weighted by molar-refractivity contribution is 5.87. The van der Waals surface area contributed by atoms with Gasteiger partial charge in [-0.05, 0) is 25.7 Å². The molecule has 2 aliphatic rings. The van der Waals surface area contributed by atoms with E-state index in [9.17, 15) is 9.59 Å². The largest absolute Gasteiger partial charge is 0.337 e. The Bertz CT molecular complexity index is 319. The normalized spacial score (nSPS) is 28.8. The number of nitrogens with zero attached hydrogens (tertiary/aromatic N) is 2. The molecule has 0 aromatic carbocycles. The van der Waals surface area contributed by atoms with Crippen LogP contribution in [0.1, 0.15) is 32.6 Å². The molecule has 0 aromatic heterocycles. The second-order valence-electron chi connectivity index (χ2n) is 4.93. The van der Waals surface area contributed by atoms with Gasteiger partial charge in [0, 0.05) is 32.6 Å². The van der Waals surface area contributed by atoms with Crippen LogP contribution in [0.5, 0.6) is 0 Å². The third kappa shape index (κ3) is 2.29. The maximum Gasteiger partial charge on any atom is 0.245 e. The first-order chi connectivity index (χ1) is 8.15. The predicted octanol–water partition coefficient (Wildman–Crippen LogP) is -0.0530. The van der Waals surface area contributed by atoms with Gasteiger partial charge >= 0.3 is 0 Å². The lowest BCUT2D eigenvalue weighted by atomic mass is 10.1. The summed E-state index contributed by atoms with van der Waals surface area (Å²) >= 11 is 0. The highest BCUT2D eigenvalue weighted by Gasteiger charge is 2.38.